The van der Waals surface area contributed by atoms with Crippen molar-refractivity contribution in [1.29, 1.82) is 0 Å². The summed E-state index contributed by atoms with van der Waals surface area (Å²) in [4.78, 5) is 10.0. The highest BCUT2D eigenvalue weighted by atomic mass is 16.1. The van der Waals surface area contributed by atoms with E-state index in [1.54, 1.807) is 6.92 Å². The Morgan fingerprint density at radius 1 is 0.941 bits per heavy atom. The van der Waals surface area contributed by atoms with Crippen molar-refractivity contribution in [3.63, 3.8) is 0 Å². The Bertz CT molecular complexity index is 144. The van der Waals surface area contributed by atoms with Crippen molar-refractivity contribution < 1.29 is 4.79 Å². The lowest BCUT2D eigenvalue weighted by Crippen LogP contribution is -1.99. The van der Waals surface area contributed by atoms with Crippen LogP contribution in [0.5, 0.6) is 0 Å². The van der Waals surface area contributed by atoms with E-state index in [0.29, 0.717) is 0 Å². The molecule has 0 heterocycles. The summed E-state index contributed by atoms with van der Waals surface area (Å²) >= 11 is 0. The summed E-state index contributed by atoms with van der Waals surface area (Å²) in [6.45, 7) is 10.3. The quantitative estimate of drug-likeness (QED) is 0.614. The lowest BCUT2D eigenvalue weighted by molar-refractivity contribution is -0.117. The van der Waals surface area contributed by atoms with Crippen LogP contribution in [0.2, 0.25) is 0 Å². The Labute approximate surface area is 109 Å². The van der Waals surface area contributed by atoms with E-state index < -0.39 is 0 Å². The summed E-state index contributed by atoms with van der Waals surface area (Å²) in [5, 5.41) is 0. The number of carbonyl (C=O) groups is 1. The Morgan fingerprint density at radius 2 is 1.41 bits per heavy atom. The van der Waals surface area contributed by atoms with Crippen LogP contribution in [0.4, 0.5) is 0 Å². The smallest absolute Gasteiger partial charge is 0.129 e. The van der Waals surface area contributed by atoms with Crippen molar-refractivity contribution in [2.24, 2.45) is 5.92 Å². The van der Waals surface area contributed by atoms with E-state index in [2.05, 4.69) is 20.8 Å². The van der Waals surface area contributed by atoms with Gasteiger partial charge in [-0.05, 0) is 19.3 Å². The number of Topliss-reactive ketones (excluding diaryl/α,β-unsaturated/α-hetero) is 1. The van der Waals surface area contributed by atoms with Gasteiger partial charge in [0, 0.05) is 6.42 Å². The van der Waals surface area contributed by atoms with Crippen LogP contribution in [0.3, 0.4) is 0 Å². The van der Waals surface area contributed by atoms with E-state index in [-0.39, 0.29) is 5.78 Å². The van der Waals surface area contributed by atoms with Crippen molar-refractivity contribution in [1.82, 2.24) is 0 Å². The summed E-state index contributed by atoms with van der Waals surface area (Å²) in [6, 6.07) is 0. The number of hydrogen-bond acceptors (Lipinski definition) is 1. The Hall–Kier alpha value is -0.330. The van der Waals surface area contributed by atoms with Crippen LogP contribution in [0.1, 0.15) is 92.4 Å². The van der Waals surface area contributed by atoms with Crippen molar-refractivity contribution in [2.75, 3.05) is 0 Å². The minimum Gasteiger partial charge on any atom is -0.300 e. The van der Waals surface area contributed by atoms with Gasteiger partial charge in [-0.25, -0.2) is 0 Å². The SMILES string of the molecule is CC1CCCCC1.CCCC.CCCC(C)=O. The maximum absolute atomic E-state index is 10.0. The Balaban J connectivity index is 0. The molecular formula is C16H34O. The Morgan fingerprint density at radius 3 is 1.53 bits per heavy atom. The molecule has 1 nitrogen and oxygen atoms in total. The second kappa shape index (κ2) is 15.7. The normalized spacial score (nSPS) is 15.1. The first kappa shape index (κ1) is 19.0. The second-order valence-corrected chi connectivity index (χ2v) is 5.20. The molecule has 0 bridgehead atoms. The van der Waals surface area contributed by atoms with E-state index in [4.69, 9.17) is 0 Å². The number of ketones is 1. The zero-order valence-corrected chi connectivity index (χ0v) is 12.8. The third kappa shape index (κ3) is 21.5. The summed E-state index contributed by atoms with van der Waals surface area (Å²) < 4.78 is 0. The monoisotopic (exact) mass is 242 g/mol. The largest absolute Gasteiger partial charge is 0.300 e. The molecule has 0 N–H and O–H groups in total. The average molecular weight is 242 g/mol. The van der Waals surface area contributed by atoms with E-state index in [0.717, 1.165) is 18.8 Å². The molecule has 0 saturated heterocycles. The molecule has 0 unspecified atom stereocenters. The first-order chi connectivity index (χ1) is 8.08. The molecule has 1 aliphatic carbocycles. The molecule has 1 heteroatoms. The van der Waals surface area contributed by atoms with Crippen molar-refractivity contribution in [3.8, 4) is 0 Å². The maximum atomic E-state index is 10.0. The zero-order chi connectivity index (χ0) is 13.5. The number of carbonyl (C=O) groups excluding carboxylic acids is 1. The van der Waals surface area contributed by atoms with E-state index >= 15 is 0 Å². The first-order valence-electron chi connectivity index (χ1n) is 7.57. The molecule has 0 aromatic carbocycles. The average Bonchev–Trinajstić information content (AvgIpc) is 2.31. The fraction of sp³-hybridized carbons (Fsp3) is 0.938. The maximum Gasteiger partial charge on any atom is 0.129 e. The number of unbranched alkanes of at least 4 members (excludes halogenated alkanes) is 1. The highest BCUT2D eigenvalue weighted by Gasteiger charge is 2.05. The molecule has 1 saturated carbocycles. The molecule has 0 spiro atoms. The molecule has 0 amide bonds. The van der Waals surface area contributed by atoms with Gasteiger partial charge in [-0.2, -0.15) is 0 Å². The highest BCUT2D eigenvalue weighted by Crippen LogP contribution is 2.22. The predicted molar refractivity (Wildman–Crippen MR) is 78.4 cm³/mol. The molecule has 0 aromatic rings. The van der Waals surface area contributed by atoms with E-state index in [9.17, 15) is 4.79 Å². The minimum absolute atomic E-state index is 0.289. The van der Waals surface area contributed by atoms with Gasteiger partial charge in [0.25, 0.3) is 0 Å². The third-order valence-electron chi connectivity index (χ3n) is 3.00. The Kier molecular flexibility index (Phi) is 17.5. The van der Waals surface area contributed by atoms with Crippen molar-refractivity contribution in [3.05, 3.63) is 0 Å². The summed E-state index contributed by atoms with van der Waals surface area (Å²) in [6.07, 6.45) is 11.8. The number of rotatable bonds is 3. The minimum atomic E-state index is 0.289. The molecule has 0 atom stereocenters. The van der Waals surface area contributed by atoms with Crippen LogP contribution < -0.4 is 0 Å². The molecule has 1 fully saturated rings. The standard InChI is InChI=1S/C7H14.C5H10O.C4H10/c1-7-5-3-2-4-6-7;1-3-4-5(2)6;1-3-4-2/h7H,2-6H2,1H3;3-4H2,1-2H3;3-4H2,1-2H3. The van der Waals surface area contributed by atoms with Crippen LogP contribution in [-0.4, -0.2) is 5.78 Å². The molecule has 104 valence electrons. The van der Waals surface area contributed by atoms with E-state index in [1.807, 2.05) is 6.92 Å². The van der Waals surface area contributed by atoms with Crippen LogP contribution in [0, 0.1) is 5.92 Å². The van der Waals surface area contributed by atoms with Crippen LogP contribution in [0.25, 0.3) is 0 Å². The van der Waals surface area contributed by atoms with Gasteiger partial charge in [-0.3, -0.25) is 0 Å². The molecular weight excluding hydrogens is 208 g/mol. The van der Waals surface area contributed by atoms with Crippen molar-refractivity contribution in [2.45, 2.75) is 92.4 Å². The second-order valence-electron chi connectivity index (χ2n) is 5.20. The van der Waals surface area contributed by atoms with Crippen molar-refractivity contribution >= 4 is 5.78 Å². The van der Waals surface area contributed by atoms with Crippen LogP contribution in [0.15, 0.2) is 0 Å². The molecule has 0 radical (unpaired) electrons. The van der Waals surface area contributed by atoms with Gasteiger partial charge in [-0.1, -0.05) is 72.6 Å². The lowest BCUT2D eigenvalue weighted by atomic mass is 9.91. The van der Waals surface area contributed by atoms with Gasteiger partial charge >= 0.3 is 0 Å². The van der Waals surface area contributed by atoms with Crippen LogP contribution >= 0.6 is 0 Å². The molecule has 0 aliphatic heterocycles. The van der Waals surface area contributed by atoms with E-state index in [1.165, 1.54) is 44.9 Å². The fourth-order valence-electron chi connectivity index (χ4n) is 1.66. The van der Waals surface area contributed by atoms with Gasteiger partial charge in [-0.15, -0.1) is 0 Å². The molecule has 1 aliphatic rings. The first-order valence-corrected chi connectivity index (χ1v) is 7.57. The summed E-state index contributed by atoms with van der Waals surface area (Å²) in [5.41, 5.74) is 0. The van der Waals surface area contributed by atoms with Gasteiger partial charge in [0.1, 0.15) is 5.78 Å². The lowest BCUT2D eigenvalue weighted by Gasteiger charge is -2.15. The topological polar surface area (TPSA) is 17.1 Å². The zero-order valence-electron chi connectivity index (χ0n) is 12.8. The van der Waals surface area contributed by atoms with Gasteiger partial charge in [0.05, 0.1) is 0 Å². The molecule has 1 rings (SSSR count). The van der Waals surface area contributed by atoms with Gasteiger partial charge in [0.15, 0.2) is 0 Å². The highest BCUT2D eigenvalue weighted by molar-refractivity contribution is 5.75. The molecule has 0 aromatic heterocycles. The molecule has 17 heavy (non-hydrogen) atoms. The third-order valence-corrected chi connectivity index (χ3v) is 3.00. The van der Waals surface area contributed by atoms with Crippen LogP contribution in [-0.2, 0) is 4.79 Å². The summed E-state index contributed by atoms with van der Waals surface area (Å²) in [5.74, 6) is 1.33. The predicted octanol–water partition coefficient (Wildman–Crippen LogP) is 5.77. The fourth-order valence-corrected chi connectivity index (χ4v) is 1.66. The van der Waals surface area contributed by atoms with Gasteiger partial charge < -0.3 is 4.79 Å². The number of hydrogen-bond donors (Lipinski definition) is 0. The van der Waals surface area contributed by atoms with Gasteiger partial charge in [0.2, 0.25) is 0 Å². The summed E-state index contributed by atoms with van der Waals surface area (Å²) in [7, 11) is 0.